The molecule has 0 amide bonds. The van der Waals surface area contributed by atoms with E-state index >= 15 is 0 Å². The molecule has 40 heavy (non-hydrogen) atoms. The van der Waals surface area contributed by atoms with E-state index in [4.69, 9.17) is 10.4 Å². The van der Waals surface area contributed by atoms with Gasteiger partial charge >= 0.3 is 6.61 Å². The number of hydrogen-bond acceptors (Lipinski definition) is 4. The van der Waals surface area contributed by atoms with Crippen molar-refractivity contribution >= 4 is 11.4 Å². The van der Waals surface area contributed by atoms with E-state index < -0.39 is 6.61 Å². The van der Waals surface area contributed by atoms with E-state index in [2.05, 4.69) is 48.4 Å². The lowest BCUT2D eigenvalue weighted by atomic mass is 9.77. The first-order chi connectivity index (χ1) is 18.9. The molecular weight excluding hydrogens is 504 g/mol. The number of halogens is 2. The Balaban J connectivity index is 1.69. The van der Waals surface area contributed by atoms with Crippen LogP contribution in [0.3, 0.4) is 0 Å². The Bertz CT molecular complexity index is 1480. The summed E-state index contributed by atoms with van der Waals surface area (Å²) >= 11 is 0. The van der Waals surface area contributed by atoms with Crippen molar-refractivity contribution in [2.24, 2.45) is 4.99 Å². The van der Waals surface area contributed by atoms with E-state index in [9.17, 15) is 8.78 Å². The predicted molar refractivity (Wildman–Crippen MR) is 161 cm³/mol. The van der Waals surface area contributed by atoms with E-state index in [1.807, 2.05) is 26.8 Å². The van der Waals surface area contributed by atoms with Gasteiger partial charge in [-0.3, -0.25) is 9.98 Å². The van der Waals surface area contributed by atoms with Crippen LogP contribution < -0.4 is 4.74 Å². The minimum Gasteiger partial charge on any atom is -0.435 e. The van der Waals surface area contributed by atoms with Crippen molar-refractivity contribution < 1.29 is 13.5 Å². The summed E-state index contributed by atoms with van der Waals surface area (Å²) in [5.41, 5.74) is 11.5. The van der Waals surface area contributed by atoms with Crippen molar-refractivity contribution in [2.45, 2.75) is 79.3 Å². The van der Waals surface area contributed by atoms with E-state index in [0.29, 0.717) is 12.3 Å². The van der Waals surface area contributed by atoms with Crippen molar-refractivity contribution in [3.05, 3.63) is 93.7 Å². The largest absolute Gasteiger partial charge is 0.435 e. The molecule has 2 aliphatic rings. The smallest absolute Gasteiger partial charge is 0.387 e. The lowest BCUT2D eigenvalue weighted by Crippen LogP contribution is -2.23. The number of aryl methyl sites for hydroxylation is 1. The molecule has 210 valence electrons. The fourth-order valence-corrected chi connectivity index (χ4v) is 5.48. The van der Waals surface area contributed by atoms with Crippen LogP contribution in [0.1, 0.15) is 70.2 Å². The number of ether oxygens (including phenoxy) is 1. The Hall–Kier alpha value is -3.67. The molecular formula is C34H39F2N3O. The SMILES string of the molecule is C=C1CN=C(C)C(C=C(C)C(C)=N)=C1C1=CCCC(C)(c2cc(C)c(C)c(-c3cccc(OC(F)F)c3)n2)CC1. The fraction of sp³-hybridized carbons (Fsp3) is 0.382. The quantitative estimate of drug-likeness (QED) is 0.354. The van der Waals surface area contributed by atoms with Crippen molar-refractivity contribution in [3.8, 4) is 17.0 Å². The Morgan fingerprint density at radius 2 is 1.90 bits per heavy atom. The fourth-order valence-electron chi connectivity index (χ4n) is 5.48. The van der Waals surface area contributed by atoms with Gasteiger partial charge in [0, 0.05) is 33.7 Å². The highest BCUT2D eigenvalue weighted by Gasteiger charge is 2.32. The highest BCUT2D eigenvalue weighted by Crippen LogP contribution is 2.42. The van der Waals surface area contributed by atoms with Crippen LogP contribution in [0.2, 0.25) is 0 Å². The topological polar surface area (TPSA) is 58.3 Å². The minimum absolute atomic E-state index is 0.129. The molecule has 0 radical (unpaired) electrons. The predicted octanol–water partition coefficient (Wildman–Crippen LogP) is 9.04. The number of dihydropyridines is 1. The first-order valence-corrected chi connectivity index (χ1v) is 13.8. The molecule has 0 saturated carbocycles. The van der Waals surface area contributed by atoms with Gasteiger partial charge in [0.05, 0.1) is 12.2 Å². The average molecular weight is 544 g/mol. The maximum atomic E-state index is 12.9. The standard InChI is InChI=1S/C34H39F2N3O/c1-20-17-30(39-32(23(20)4)27-10-8-12-28(18-27)40-33(35)36)34(7)14-9-11-26(13-15-34)31-22(3)19-38-25(6)29(31)16-21(2)24(5)37/h8,10-12,16-18,33,37H,3,9,13-15,19H2,1-2,4-7H3. The molecule has 1 aliphatic carbocycles. The molecule has 1 aromatic carbocycles. The molecule has 1 atom stereocenters. The lowest BCUT2D eigenvalue weighted by molar-refractivity contribution is -0.0498. The summed E-state index contributed by atoms with van der Waals surface area (Å²) in [6, 6.07) is 8.98. The van der Waals surface area contributed by atoms with Gasteiger partial charge in [0.25, 0.3) is 0 Å². The third-order valence-corrected chi connectivity index (χ3v) is 8.31. The number of benzene rings is 1. The summed E-state index contributed by atoms with van der Waals surface area (Å²) in [6.07, 6.45) is 8.05. The van der Waals surface area contributed by atoms with E-state index in [1.54, 1.807) is 19.1 Å². The van der Waals surface area contributed by atoms with Gasteiger partial charge in [0.15, 0.2) is 0 Å². The molecule has 4 rings (SSSR count). The number of pyridine rings is 1. The summed E-state index contributed by atoms with van der Waals surface area (Å²) < 4.78 is 30.4. The maximum absolute atomic E-state index is 12.9. The molecule has 0 saturated heterocycles. The molecule has 1 aliphatic heterocycles. The molecule has 1 N–H and O–H groups in total. The van der Waals surface area contributed by atoms with Gasteiger partial charge in [0.1, 0.15) is 5.75 Å². The van der Waals surface area contributed by atoms with Gasteiger partial charge < -0.3 is 10.1 Å². The van der Waals surface area contributed by atoms with Gasteiger partial charge in [-0.1, -0.05) is 31.7 Å². The zero-order valence-electron chi connectivity index (χ0n) is 24.4. The Labute approximate surface area is 236 Å². The van der Waals surface area contributed by atoms with E-state index in [0.717, 1.165) is 76.2 Å². The first kappa shape index (κ1) is 29.3. The van der Waals surface area contributed by atoms with Crippen molar-refractivity contribution in [1.82, 2.24) is 4.98 Å². The third-order valence-electron chi connectivity index (χ3n) is 8.31. The normalized spacial score (nSPS) is 20.3. The molecule has 0 bridgehead atoms. The first-order valence-electron chi connectivity index (χ1n) is 13.8. The molecule has 1 unspecified atom stereocenters. The number of aromatic nitrogens is 1. The zero-order valence-corrected chi connectivity index (χ0v) is 24.4. The Morgan fingerprint density at radius 1 is 1.15 bits per heavy atom. The van der Waals surface area contributed by atoms with Crippen molar-refractivity contribution in [2.75, 3.05) is 6.54 Å². The van der Waals surface area contributed by atoms with Gasteiger partial charge in [-0.15, -0.1) is 0 Å². The second-order valence-corrected chi connectivity index (χ2v) is 11.3. The zero-order chi connectivity index (χ0) is 29.2. The monoisotopic (exact) mass is 543 g/mol. The number of rotatable bonds is 7. The highest BCUT2D eigenvalue weighted by atomic mass is 19.3. The van der Waals surface area contributed by atoms with Crippen LogP contribution in [0.15, 0.2) is 81.9 Å². The van der Waals surface area contributed by atoms with Crippen LogP contribution >= 0.6 is 0 Å². The van der Waals surface area contributed by atoms with Gasteiger partial charge in [0.2, 0.25) is 0 Å². The summed E-state index contributed by atoms with van der Waals surface area (Å²) in [5.74, 6) is 0.129. The van der Waals surface area contributed by atoms with Gasteiger partial charge in [-0.05, 0) is 118 Å². The maximum Gasteiger partial charge on any atom is 0.387 e. The van der Waals surface area contributed by atoms with Crippen LogP contribution in [0.4, 0.5) is 8.78 Å². The average Bonchev–Trinajstić information content (AvgIpc) is 3.09. The Kier molecular flexibility index (Phi) is 8.67. The third kappa shape index (κ3) is 6.22. The molecule has 4 nitrogen and oxygen atoms in total. The lowest BCUT2D eigenvalue weighted by Gasteiger charge is -2.30. The van der Waals surface area contributed by atoms with Crippen LogP contribution in [-0.2, 0) is 5.41 Å². The summed E-state index contributed by atoms with van der Waals surface area (Å²) in [5, 5.41) is 8.07. The molecule has 0 fully saturated rings. The van der Waals surface area contributed by atoms with Crippen LogP contribution in [0, 0.1) is 19.3 Å². The molecule has 6 heteroatoms. The number of aliphatic imine (C=N–C) groups is 1. The number of allylic oxidation sites excluding steroid dienone is 5. The summed E-state index contributed by atoms with van der Waals surface area (Å²) in [6.45, 7) is 14.3. The summed E-state index contributed by atoms with van der Waals surface area (Å²) in [7, 11) is 0. The van der Waals surface area contributed by atoms with Crippen LogP contribution in [0.5, 0.6) is 5.75 Å². The number of hydrogen-bond donors (Lipinski definition) is 1. The molecule has 0 spiro atoms. The van der Waals surface area contributed by atoms with Crippen molar-refractivity contribution in [3.63, 3.8) is 0 Å². The van der Waals surface area contributed by atoms with Crippen LogP contribution in [0.25, 0.3) is 11.3 Å². The molecule has 1 aromatic heterocycles. The highest BCUT2D eigenvalue weighted by molar-refractivity contribution is 6.06. The van der Waals surface area contributed by atoms with Crippen LogP contribution in [-0.4, -0.2) is 29.6 Å². The molecule has 2 aromatic rings. The van der Waals surface area contributed by atoms with Crippen molar-refractivity contribution in [1.29, 1.82) is 5.41 Å². The van der Waals surface area contributed by atoms with E-state index in [1.165, 1.54) is 17.2 Å². The number of nitrogens with one attached hydrogen (secondary N) is 1. The van der Waals surface area contributed by atoms with Gasteiger partial charge in [-0.2, -0.15) is 8.78 Å². The second-order valence-electron chi connectivity index (χ2n) is 11.3. The Morgan fingerprint density at radius 3 is 2.60 bits per heavy atom. The van der Waals surface area contributed by atoms with Gasteiger partial charge in [-0.25, -0.2) is 0 Å². The number of alkyl halides is 2. The van der Waals surface area contributed by atoms with E-state index in [-0.39, 0.29) is 11.2 Å². The molecule has 2 heterocycles. The summed E-state index contributed by atoms with van der Waals surface area (Å²) in [4.78, 5) is 9.84. The minimum atomic E-state index is -2.87. The second kappa shape index (κ2) is 11.8. The number of nitrogens with zero attached hydrogens (tertiary/aromatic N) is 2.